The molecule has 0 spiro atoms. The Morgan fingerprint density at radius 3 is 1.72 bits per heavy atom. The second-order valence-electron chi connectivity index (χ2n) is 9.76. The quantitative estimate of drug-likeness (QED) is 0.152. The smallest absolute Gasteiger partial charge is 0.370 e. The lowest BCUT2D eigenvalue weighted by Gasteiger charge is -2.24. The second-order valence-corrected chi connectivity index (χ2v) is 12.1. The molecule has 47 heavy (non-hydrogen) atoms. The third-order valence-electron chi connectivity index (χ3n) is 6.87. The van der Waals surface area contributed by atoms with Crippen LogP contribution in [0.2, 0.25) is 0 Å². The first-order valence-electron chi connectivity index (χ1n) is 13.4. The van der Waals surface area contributed by atoms with E-state index in [0.717, 1.165) is 16.7 Å². The van der Waals surface area contributed by atoms with Gasteiger partial charge in [0, 0.05) is 6.92 Å². The van der Waals surface area contributed by atoms with Gasteiger partial charge in [-0.15, -0.1) is 5.06 Å². The van der Waals surface area contributed by atoms with Crippen molar-refractivity contribution in [1.82, 2.24) is 9.96 Å². The van der Waals surface area contributed by atoms with Gasteiger partial charge in [0.25, 0.3) is 23.6 Å². The predicted octanol–water partition coefficient (Wildman–Crippen LogP) is 5.09. The fourth-order valence-corrected chi connectivity index (χ4v) is 7.67. The molecule has 0 unspecified atom stereocenters. The fraction of sp³-hybridized carbons (Fsp3) is 0.133. The molecule has 14 nitrogen and oxygen atoms in total. The molecule has 2 aliphatic rings. The normalized spacial score (nSPS) is 13.4. The molecule has 0 aliphatic carbocycles. The van der Waals surface area contributed by atoms with Gasteiger partial charge in [0.1, 0.15) is 6.54 Å². The number of halogens is 3. The molecule has 6 amide bonds. The Bertz CT molecular complexity index is 1890. The van der Waals surface area contributed by atoms with Crippen molar-refractivity contribution in [1.29, 1.82) is 0 Å². The third kappa shape index (κ3) is 5.96. The van der Waals surface area contributed by atoms with Gasteiger partial charge in [-0.05, 0) is 79.0 Å². The topological polar surface area (TPSA) is 177 Å². The van der Waals surface area contributed by atoms with Crippen LogP contribution in [0.15, 0.2) is 61.9 Å². The lowest BCUT2D eigenvalue weighted by atomic mass is 10.1. The summed E-state index contributed by atoms with van der Waals surface area (Å²) in [7, 11) is 0. The van der Waals surface area contributed by atoms with E-state index in [1.807, 2.05) is 0 Å². The molecule has 0 radical (unpaired) electrons. The van der Waals surface area contributed by atoms with Crippen LogP contribution in [0.5, 0.6) is 0 Å². The predicted molar refractivity (Wildman–Crippen MR) is 173 cm³/mol. The molecule has 0 saturated carbocycles. The van der Waals surface area contributed by atoms with Crippen molar-refractivity contribution in [2.24, 2.45) is 0 Å². The summed E-state index contributed by atoms with van der Waals surface area (Å²) in [5.41, 5.74) is -0.578. The SMILES string of the molecule is CCN(OC(C)=O)C(=O)OC(=O)c1c(Br)c(NC(=O)CN2C(=O)c3ccccc3C2=O)c(Br)c(N2C(=O)c3ccccc3C2=O)c1Br. The Hall–Kier alpha value is -4.74. The van der Waals surface area contributed by atoms with Crippen LogP contribution >= 0.6 is 47.8 Å². The summed E-state index contributed by atoms with van der Waals surface area (Å²) < 4.78 is 4.47. The summed E-state index contributed by atoms with van der Waals surface area (Å²) in [4.78, 5) is 110. The van der Waals surface area contributed by atoms with E-state index in [4.69, 9.17) is 9.57 Å². The number of hydroxylamine groups is 2. The number of hydrogen-bond acceptors (Lipinski definition) is 10. The Morgan fingerprint density at radius 2 is 1.26 bits per heavy atom. The van der Waals surface area contributed by atoms with Crippen LogP contribution in [0.1, 0.15) is 65.6 Å². The van der Waals surface area contributed by atoms with E-state index >= 15 is 0 Å². The van der Waals surface area contributed by atoms with Gasteiger partial charge in [-0.25, -0.2) is 14.5 Å². The molecule has 5 rings (SSSR count). The average molecular weight is 835 g/mol. The minimum atomic E-state index is -1.37. The van der Waals surface area contributed by atoms with Crippen LogP contribution in [0.25, 0.3) is 0 Å². The van der Waals surface area contributed by atoms with Crippen LogP contribution in [0.4, 0.5) is 16.2 Å². The van der Waals surface area contributed by atoms with Crippen molar-refractivity contribution >= 4 is 107 Å². The van der Waals surface area contributed by atoms with E-state index in [1.54, 1.807) is 24.3 Å². The van der Waals surface area contributed by atoms with Crippen molar-refractivity contribution in [3.05, 3.63) is 89.8 Å². The number of nitrogens with one attached hydrogen (secondary N) is 1. The monoisotopic (exact) mass is 832 g/mol. The number of carbonyl (C=O) groups excluding carboxylic acids is 8. The van der Waals surface area contributed by atoms with E-state index < -0.39 is 59.7 Å². The largest absolute Gasteiger partial charge is 0.451 e. The lowest BCUT2D eigenvalue weighted by molar-refractivity contribution is -0.176. The van der Waals surface area contributed by atoms with Gasteiger partial charge in [-0.2, -0.15) is 0 Å². The molecular formula is C30H19Br3N4O10. The maximum atomic E-state index is 13.5. The van der Waals surface area contributed by atoms with Gasteiger partial charge in [-0.3, -0.25) is 33.7 Å². The van der Waals surface area contributed by atoms with Gasteiger partial charge in [0.15, 0.2) is 0 Å². The van der Waals surface area contributed by atoms with Crippen LogP contribution in [-0.4, -0.2) is 70.6 Å². The summed E-state index contributed by atoms with van der Waals surface area (Å²) in [5, 5.41) is 2.99. The van der Waals surface area contributed by atoms with Crippen molar-refractivity contribution in [3.8, 4) is 0 Å². The number of rotatable bonds is 6. The lowest BCUT2D eigenvalue weighted by Crippen LogP contribution is -2.37. The van der Waals surface area contributed by atoms with Crippen LogP contribution in [0.3, 0.4) is 0 Å². The Labute approximate surface area is 290 Å². The first-order valence-corrected chi connectivity index (χ1v) is 15.8. The number of hydrogen-bond donors (Lipinski definition) is 1. The fourth-order valence-electron chi connectivity index (χ4n) is 4.80. The van der Waals surface area contributed by atoms with Gasteiger partial charge in [0.05, 0.1) is 59.2 Å². The Balaban J connectivity index is 1.56. The molecule has 17 heteroatoms. The van der Waals surface area contributed by atoms with E-state index in [1.165, 1.54) is 31.2 Å². The molecule has 3 aromatic rings. The first kappa shape index (κ1) is 33.6. The summed E-state index contributed by atoms with van der Waals surface area (Å²) in [6.07, 6.45) is -1.37. The number of benzene rings is 3. The zero-order valence-electron chi connectivity index (χ0n) is 24.1. The number of carbonyl (C=O) groups is 8. The Morgan fingerprint density at radius 1 is 0.766 bits per heavy atom. The van der Waals surface area contributed by atoms with Gasteiger partial charge in [0.2, 0.25) is 5.91 Å². The summed E-state index contributed by atoms with van der Waals surface area (Å²) >= 11 is 9.81. The molecule has 0 bridgehead atoms. The van der Waals surface area contributed by atoms with Crippen molar-refractivity contribution in [3.63, 3.8) is 0 Å². The van der Waals surface area contributed by atoms with E-state index in [-0.39, 0.29) is 53.6 Å². The number of ether oxygens (including phenoxy) is 1. The number of anilines is 2. The summed E-state index contributed by atoms with van der Waals surface area (Å²) in [5.74, 6) is -6.03. The molecule has 0 atom stereocenters. The second kappa shape index (κ2) is 13.2. The third-order valence-corrected chi connectivity index (χ3v) is 9.21. The molecule has 0 saturated heterocycles. The molecule has 3 aromatic carbocycles. The molecule has 240 valence electrons. The molecule has 0 fully saturated rings. The van der Waals surface area contributed by atoms with Crippen molar-refractivity contribution in [2.45, 2.75) is 13.8 Å². The maximum Gasteiger partial charge on any atom is 0.451 e. The van der Waals surface area contributed by atoms with Gasteiger partial charge >= 0.3 is 18.0 Å². The highest BCUT2D eigenvalue weighted by atomic mass is 79.9. The van der Waals surface area contributed by atoms with Gasteiger partial charge < -0.3 is 14.9 Å². The highest BCUT2D eigenvalue weighted by Gasteiger charge is 2.42. The zero-order chi connectivity index (χ0) is 34.3. The van der Waals surface area contributed by atoms with Crippen molar-refractivity contribution in [2.75, 3.05) is 23.3 Å². The number of nitrogens with zero attached hydrogens (tertiary/aromatic N) is 3. The minimum Gasteiger partial charge on any atom is -0.370 e. The van der Waals surface area contributed by atoms with Crippen molar-refractivity contribution < 1.29 is 47.9 Å². The van der Waals surface area contributed by atoms with E-state index in [9.17, 15) is 38.4 Å². The van der Waals surface area contributed by atoms with E-state index in [2.05, 4.69) is 53.1 Å². The standard InChI is InChI=1S/C30H19Br3N4O10/c1-3-36(47-13(2)38)30(45)46-29(44)19-20(31)23(34-18(39)12-35-25(40)14-8-4-5-9-15(14)26(35)41)22(33)24(21(19)32)37-27(42)16-10-6-7-11-17(16)28(37)43/h4-11H,3,12H2,1-2H3,(H,34,39). The molecule has 0 aromatic heterocycles. The van der Waals surface area contributed by atoms with Crippen LogP contribution in [0, 0.1) is 0 Å². The molecular weight excluding hydrogens is 816 g/mol. The highest BCUT2D eigenvalue weighted by molar-refractivity contribution is 9.12. The van der Waals surface area contributed by atoms with E-state index in [0.29, 0.717) is 5.06 Å². The molecule has 1 N–H and O–H groups in total. The average Bonchev–Trinajstić information content (AvgIpc) is 3.42. The summed E-state index contributed by atoms with van der Waals surface area (Å²) in [6, 6.07) is 12.0. The van der Waals surface area contributed by atoms with Gasteiger partial charge in [-0.1, -0.05) is 24.3 Å². The zero-order valence-corrected chi connectivity index (χ0v) is 28.8. The Kier molecular flexibility index (Phi) is 9.42. The molecule has 2 aliphatic heterocycles. The van der Waals surface area contributed by atoms with Crippen LogP contribution in [-0.2, 0) is 19.2 Å². The minimum absolute atomic E-state index is 0.0645. The highest BCUT2D eigenvalue weighted by Crippen LogP contribution is 2.49. The molecule has 2 heterocycles. The number of esters is 1. The number of imide groups is 2. The maximum absolute atomic E-state index is 13.5. The first-order chi connectivity index (χ1) is 22.3. The number of amides is 6. The van der Waals surface area contributed by atoms with Crippen LogP contribution < -0.4 is 10.2 Å². The summed E-state index contributed by atoms with van der Waals surface area (Å²) in [6.45, 7) is 1.55. The number of fused-ring (bicyclic) bond motifs is 2.